The number of non-ortho nitro benzene ring substituents is 1. The lowest BCUT2D eigenvalue weighted by atomic mass is 10.1. The summed E-state index contributed by atoms with van der Waals surface area (Å²) in [5.74, 6) is 0. The van der Waals surface area contributed by atoms with Gasteiger partial charge in [-0.15, -0.1) is 0 Å². The first-order valence-corrected chi connectivity index (χ1v) is 12.7. The van der Waals surface area contributed by atoms with Crippen LogP contribution in [0.5, 0.6) is 0 Å². The summed E-state index contributed by atoms with van der Waals surface area (Å²) >= 11 is 0. The minimum absolute atomic E-state index is 0.127. The van der Waals surface area contributed by atoms with Crippen LogP contribution in [0, 0.1) is 10.1 Å². The number of carbonyl (C=O) groups excluding carboxylic acids is 1. The molecule has 4 N–H and O–H groups in total. The number of fused-ring (bicyclic) bond motifs is 1. The molecule has 0 saturated carbocycles. The summed E-state index contributed by atoms with van der Waals surface area (Å²) in [6.45, 7) is 5.56. The van der Waals surface area contributed by atoms with Gasteiger partial charge in [0.1, 0.15) is 5.60 Å². The van der Waals surface area contributed by atoms with Crippen molar-refractivity contribution < 1.29 is 29.3 Å². The zero-order valence-electron chi connectivity index (χ0n) is 21.8. The van der Waals surface area contributed by atoms with Crippen molar-refractivity contribution in [2.45, 2.75) is 89.9 Å². The molecule has 0 fully saturated rings. The van der Waals surface area contributed by atoms with Gasteiger partial charge < -0.3 is 25.6 Å². The first-order valence-electron chi connectivity index (χ1n) is 12.7. The van der Waals surface area contributed by atoms with Crippen molar-refractivity contribution >= 4 is 28.5 Å². The number of unbranched alkanes of at least 4 members (excludes halogenated alkanes) is 7. The number of hydrogen-bond donors (Lipinski definition) is 4. The maximum absolute atomic E-state index is 11.8. The standard InChI is InChI=1S/C25H39N5O7/c1-25(2,3)36-24(33)27-19(17-31)21(32)13-11-9-7-5-4-6-8-10-12-16-26-18-14-15-20(30(34)35)23-22(18)28-37-29-23/h11,13-15,19,21,26,31-32H,4-10,12,16-17H2,1-3H3,(H,27,33)/t19-,21+/m0/s1. The van der Waals surface area contributed by atoms with Crippen LogP contribution >= 0.6 is 0 Å². The Morgan fingerprint density at radius 3 is 2.43 bits per heavy atom. The number of rotatable bonds is 16. The fourth-order valence-corrected chi connectivity index (χ4v) is 3.71. The van der Waals surface area contributed by atoms with E-state index in [-0.39, 0.29) is 11.2 Å². The van der Waals surface area contributed by atoms with E-state index in [2.05, 4.69) is 25.6 Å². The summed E-state index contributed by atoms with van der Waals surface area (Å²) in [6.07, 6.45) is 10.1. The van der Waals surface area contributed by atoms with Crippen LogP contribution in [0.25, 0.3) is 11.0 Å². The Bertz CT molecular complexity index is 1020. The largest absolute Gasteiger partial charge is 0.444 e. The number of nitrogens with one attached hydrogen (secondary N) is 2. The third kappa shape index (κ3) is 10.7. The number of alkyl carbamates (subject to hydrolysis) is 1. The van der Waals surface area contributed by atoms with Gasteiger partial charge in [-0.25, -0.2) is 9.42 Å². The monoisotopic (exact) mass is 521 g/mol. The molecule has 206 valence electrons. The first-order chi connectivity index (χ1) is 17.6. The fraction of sp³-hybridized carbons (Fsp3) is 0.640. The van der Waals surface area contributed by atoms with E-state index in [0.717, 1.165) is 57.9 Å². The van der Waals surface area contributed by atoms with Crippen LogP contribution in [-0.2, 0) is 4.74 Å². The van der Waals surface area contributed by atoms with Crippen LogP contribution < -0.4 is 10.6 Å². The lowest BCUT2D eigenvalue weighted by Crippen LogP contribution is -2.47. The van der Waals surface area contributed by atoms with Crippen molar-refractivity contribution in [2.75, 3.05) is 18.5 Å². The van der Waals surface area contributed by atoms with Gasteiger partial charge in [-0.2, -0.15) is 0 Å². The topological polar surface area (TPSA) is 173 Å². The first kappa shape index (κ1) is 30.0. The molecule has 12 nitrogen and oxygen atoms in total. The number of nitro groups is 1. The predicted octanol–water partition coefficient (Wildman–Crippen LogP) is 4.47. The predicted molar refractivity (Wildman–Crippen MR) is 139 cm³/mol. The molecule has 0 aliphatic carbocycles. The van der Waals surface area contributed by atoms with Crippen molar-refractivity contribution in [3.63, 3.8) is 0 Å². The summed E-state index contributed by atoms with van der Waals surface area (Å²) in [5.41, 5.74) is 0.399. The third-order valence-corrected chi connectivity index (χ3v) is 5.60. The summed E-state index contributed by atoms with van der Waals surface area (Å²) in [7, 11) is 0. The zero-order chi connectivity index (χ0) is 27.3. The Labute approximate surface area is 216 Å². The highest BCUT2D eigenvalue weighted by Crippen LogP contribution is 2.28. The molecule has 12 heteroatoms. The quantitative estimate of drug-likeness (QED) is 0.107. The Morgan fingerprint density at radius 2 is 1.78 bits per heavy atom. The molecule has 0 unspecified atom stereocenters. The molecule has 2 rings (SSSR count). The molecular formula is C25H39N5O7. The van der Waals surface area contributed by atoms with Crippen molar-refractivity contribution in [1.29, 1.82) is 0 Å². The minimum Gasteiger partial charge on any atom is -0.444 e. The van der Waals surface area contributed by atoms with E-state index in [1.165, 1.54) is 6.07 Å². The number of carbonyl (C=O) groups is 1. The molecular weight excluding hydrogens is 482 g/mol. The van der Waals surface area contributed by atoms with E-state index >= 15 is 0 Å². The molecule has 0 bridgehead atoms. The van der Waals surface area contributed by atoms with Gasteiger partial charge in [0, 0.05) is 12.6 Å². The van der Waals surface area contributed by atoms with E-state index < -0.39 is 35.4 Å². The number of aliphatic hydroxyl groups is 2. The Hall–Kier alpha value is -3.25. The van der Waals surface area contributed by atoms with E-state index in [9.17, 15) is 25.1 Å². The number of aliphatic hydroxyl groups excluding tert-OH is 2. The number of amides is 1. The maximum Gasteiger partial charge on any atom is 0.408 e. The highest BCUT2D eigenvalue weighted by atomic mass is 16.6. The van der Waals surface area contributed by atoms with Gasteiger partial charge in [0.25, 0.3) is 0 Å². The summed E-state index contributed by atoms with van der Waals surface area (Å²) in [5, 5.41) is 43.8. The second-order valence-corrected chi connectivity index (χ2v) is 9.90. The van der Waals surface area contributed by atoms with Gasteiger partial charge in [0.2, 0.25) is 5.52 Å². The second-order valence-electron chi connectivity index (χ2n) is 9.90. The number of benzene rings is 1. The van der Waals surface area contributed by atoms with Crippen molar-refractivity contribution in [2.24, 2.45) is 0 Å². The van der Waals surface area contributed by atoms with Crippen LogP contribution in [0.15, 0.2) is 28.9 Å². The lowest BCUT2D eigenvalue weighted by Gasteiger charge is -2.24. The molecule has 2 atom stereocenters. The molecule has 0 saturated heterocycles. The Morgan fingerprint density at radius 1 is 1.14 bits per heavy atom. The normalized spacial score (nSPS) is 13.5. The fourth-order valence-electron chi connectivity index (χ4n) is 3.71. The molecule has 0 aliphatic heterocycles. The van der Waals surface area contributed by atoms with Gasteiger partial charge in [0.05, 0.1) is 29.4 Å². The van der Waals surface area contributed by atoms with Crippen LogP contribution in [0.1, 0.15) is 72.1 Å². The highest BCUT2D eigenvalue weighted by Gasteiger charge is 2.22. The number of nitrogens with zero attached hydrogens (tertiary/aromatic N) is 3. The van der Waals surface area contributed by atoms with E-state index in [0.29, 0.717) is 11.2 Å². The van der Waals surface area contributed by atoms with Crippen LogP contribution in [-0.4, -0.2) is 62.4 Å². The van der Waals surface area contributed by atoms with Gasteiger partial charge in [-0.3, -0.25) is 10.1 Å². The number of aromatic nitrogens is 2. The number of ether oxygens (including phenoxy) is 1. The van der Waals surface area contributed by atoms with Crippen molar-refractivity contribution in [3.05, 3.63) is 34.4 Å². The van der Waals surface area contributed by atoms with Gasteiger partial charge in [0.15, 0.2) is 5.52 Å². The van der Waals surface area contributed by atoms with E-state index in [1.807, 2.05) is 6.08 Å². The second kappa shape index (κ2) is 15.1. The van der Waals surface area contributed by atoms with Gasteiger partial charge in [-0.05, 0) is 56.4 Å². The number of anilines is 1. The van der Waals surface area contributed by atoms with Crippen LogP contribution in [0.3, 0.4) is 0 Å². The molecule has 1 heterocycles. The van der Waals surface area contributed by atoms with Crippen LogP contribution in [0.2, 0.25) is 0 Å². The smallest absolute Gasteiger partial charge is 0.408 e. The average molecular weight is 522 g/mol. The Kier molecular flexibility index (Phi) is 12.2. The molecule has 0 radical (unpaired) electrons. The highest BCUT2D eigenvalue weighted by molar-refractivity contribution is 5.93. The lowest BCUT2D eigenvalue weighted by molar-refractivity contribution is -0.383. The third-order valence-electron chi connectivity index (χ3n) is 5.60. The molecule has 1 amide bonds. The number of allylic oxidation sites excluding steroid dienone is 1. The number of nitro benzene ring substituents is 1. The molecule has 0 spiro atoms. The molecule has 1 aromatic heterocycles. The Balaban J connectivity index is 1.53. The zero-order valence-corrected chi connectivity index (χ0v) is 21.8. The van der Waals surface area contributed by atoms with E-state index in [1.54, 1.807) is 32.9 Å². The molecule has 2 aromatic rings. The summed E-state index contributed by atoms with van der Waals surface area (Å²) in [4.78, 5) is 22.4. The molecule has 37 heavy (non-hydrogen) atoms. The van der Waals surface area contributed by atoms with Crippen molar-refractivity contribution in [1.82, 2.24) is 15.6 Å². The van der Waals surface area contributed by atoms with E-state index in [4.69, 9.17) is 4.74 Å². The van der Waals surface area contributed by atoms with Crippen LogP contribution in [0.4, 0.5) is 16.2 Å². The number of hydrogen-bond acceptors (Lipinski definition) is 10. The molecule has 0 aliphatic rings. The molecule has 1 aromatic carbocycles. The minimum atomic E-state index is -0.992. The SMILES string of the molecule is CC(C)(C)OC(=O)N[C@@H](CO)[C@H](O)C=CCCCCCCCCCNc1ccc([N+](=O)[O-])c2nonc12. The summed E-state index contributed by atoms with van der Waals surface area (Å²) < 4.78 is 9.81. The maximum atomic E-state index is 11.8. The van der Waals surface area contributed by atoms with Crippen molar-refractivity contribution in [3.8, 4) is 0 Å². The summed E-state index contributed by atoms with van der Waals surface area (Å²) in [6, 6.07) is 2.20. The van der Waals surface area contributed by atoms with Gasteiger partial charge >= 0.3 is 11.8 Å². The average Bonchev–Trinajstić information content (AvgIpc) is 3.32. The van der Waals surface area contributed by atoms with Gasteiger partial charge in [-0.1, -0.05) is 44.3 Å².